The highest BCUT2D eigenvalue weighted by Gasteiger charge is 2.51. The molecule has 0 saturated carbocycles. The zero-order chi connectivity index (χ0) is 14.3. The highest BCUT2D eigenvalue weighted by molar-refractivity contribution is 6.02. The maximum Gasteiger partial charge on any atom is 0.451 e. The Labute approximate surface area is 102 Å². The van der Waals surface area contributed by atoms with Crippen LogP contribution in [0.25, 0.3) is 0 Å². The number of Topliss-reactive ketones (excluding diaryl/α,β-unsaturated/α-hetero) is 1. The fourth-order valence-corrected chi connectivity index (χ4v) is 1.21. The van der Waals surface area contributed by atoms with E-state index in [1.54, 1.807) is 0 Å². The lowest BCUT2D eigenvalue weighted by Gasteiger charge is -2.24. The van der Waals surface area contributed by atoms with Crippen LogP contribution in [0.1, 0.15) is 13.8 Å². The van der Waals surface area contributed by atoms with E-state index in [-0.39, 0.29) is 13.2 Å². The lowest BCUT2D eigenvalue weighted by molar-refractivity contribution is -0.210. The van der Waals surface area contributed by atoms with Crippen LogP contribution in [0.4, 0.5) is 13.2 Å². The molecule has 0 rings (SSSR count). The van der Waals surface area contributed by atoms with Crippen LogP contribution in [-0.4, -0.2) is 44.5 Å². The Hall–Kier alpha value is -1.15. The van der Waals surface area contributed by atoms with Crippen molar-refractivity contribution in [3.63, 3.8) is 0 Å². The molecule has 0 aliphatic carbocycles. The minimum Gasteiger partial charge on any atom is -0.468 e. The number of alkyl halides is 3. The number of carbonyl (C=O) groups excluding carboxylic acids is 2. The van der Waals surface area contributed by atoms with Crippen LogP contribution in [-0.2, 0) is 23.8 Å². The quantitative estimate of drug-likeness (QED) is 0.397. The van der Waals surface area contributed by atoms with Crippen molar-refractivity contribution < 1.29 is 37.0 Å². The third-order valence-corrected chi connectivity index (χ3v) is 1.95. The molecule has 18 heavy (non-hydrogen) atoms. The van der Waals surface area contributed by atoms with E-state index in [9.17, 15) is 22.8 Å². The first-order valence-electron chi connectivity index (χ1n) is 5.21. The summed E-state index contributed by atoms with van der Waals surface area (Å²) in [5.74, 6) is -5.76. The van der Waals surface area contributed by atoms with Gasteiger partial charge in [0.25, 0.3) is 5.78 Å². The van der Waals surface area contributed by atoms with Crippen LogP contribution < -0.4 is 0 Å². The van der Waals surface area contributed by atoms with E-state index >= 15 is 0 Å². The van der Waals surface area contributed by atoms with Crippen molar-refractivity contribution in [3.8, 4) is 0 Å². The standard InChI is InChI=1S/C10H15F3O5/c1-4-17-9(18-5-2)6(8(15)16-3)7(14)10(11,12)13/h6,9H,4-5H2,1-3H3. The Kier molecular flexibility index (Phi) is 6.85. The van der Waals surface area contributed by atoms with Gasteiger partial charge in [0.05, 0.1) is 7.11 Å². The predicted molar refractivity (Wildman–Crippen MR) is 53.6 cm³/mol. The molecule has 0 bridgehead atoms. The van der Waals surface area contributed by atoms with E-state index in [0.717, 1.165) is 7.11 Å². The van der Waals surface area contributed by atoms with Gasteiger partial charge in [0.15, 0.2) is 12.2 Å². The molecule has 1 unspecified atom stereocenters. The number of carbonyl (C=O) groups is 2. The molecule has 0 aromatic heterocycles. The van der Waals surface area contributed by atoms with Crippen molar-refractivity contribution in [2.45, 2.75) is 26.3 Å². The molecule has 0 aliphatic heterocycles. The van der Waals surface area contributed by atoms with E-state index in [1.807, 2.05) is 0 Å². The highest BCUT2D eigenvalue weighted by Crippen LogP contribution is 2.25. The summed E-state index contributed by atoms with van der Waals surface area (Å²) >= 11 is 0. The molecule has 0 amide bonds. The summed E-state index contributed by atoms with van der Waals surface area (Å²) in [4.78, 5) is 22.5. The first kappa shape index (κ1) is 16.9. The summed E-state index contributed by atoms with van der Waals surface area (Å²) in [7, 11) is 0.883. The van der Waals surface area contributed by atoms with Gasteiger partial charge in [-0.2, -0.15) is 13.2 Å². The smallest absolute Gasteiger partial charge is 0.451 e. The topological polar surface area (TPSA) is 61.8 Å². The van der Waals surface area contributed by atoms with Crippen molar-refractivity contribution in [1.82, 2.24) is 0 Å². The first-order valence-corrected chi connectivity index (χ1v) is 5.21. The molecule has 106 valence electrons. The van der Waals surface area contributed by atoms with Crippen molar-refractivity contribution in [3.05, 3.63) is 0 Å². The number of ether oxygens (including phenoxy) is 3. The predicted octanol–water partition coefficient (Wildman–Crippen LogP) is 1.31. The van der Waals surface area contributed by atoms with Crippen molar-refractivity contribution in [2.75, 3.05) is 20.3 Å². The molecular weight excluding hydrogens is 257 g/mol. The van der Waals surface area contributed by atoms with E-state index in [0.29, 0.717) is 0 Å². The minimum atomic E-state index is -5.16. The Balaban J connectivity index is 5.18. The van der Waals surface area contributed by atoms with E-state index < -0.39 is 30.1 Å². The van der Waals surface area contributed by atoms with Gasteiger partial charge >= 0.3 is 12.1 Å². The summed E-state index contributed by atoms with van der Waals surface area (Å²) in [6.07, 6.45) is -6.77. The SMILES string of the molecule is CCOC(OCC)C(C(=O)OC)C(=O)C(F)(F)F. The van der Waals surface area contributed by atoms with Gasteiger partial charge in [-0.15, -0.1) is 0 Å². The molecule has 5 nitrogen and oxygen atoms in total. The van der Waals surface area contributed by atoms with Gasteiger partial charge in [-0.05, 0) is 13.8 Å². The second kappa shape index (κ2) is 7.32. The lowest BCUT2D eigenvalue weighted by Crippen LogP contribution is -2.45. The average Bonchev–Trinajstić information content (AvgIpc) is 2.28. The number of halogens is 3. The molecule has 0 fully saturated rings. The summed E-state index contributed by atoms with van der Waals surface area (Å²) in [6.45, 7) is 2.98. The number of rotatable bonds is 7. The lowest BCUT2D eigenvalue weighted by atomic mass is 10.0. The van der Waals surface area contributed by atoms with Gasteiger partial charge in [-0.25, -0.2) is 0 Å². The van der Waals surface area contributed by atoms with Crippen LogP contribution in [0.15, 0.2) is 0 Å². The number of hydrogen-bond acceptors (Lipinski definition) is 5. The Morgan fingerprint density at radius 2 is 1.56 bits per heavy atom. The summed E-state index contributed by atoms with van der Waals surface area (Å²) in [5, 5.41) is 0. The third kappa shape index (κ3) is 4.61. The fourth-order valence-electron chi connectivity index (χ4n) is 1.21. The van der Waals surface area contributed by atoms with Gasteiger partial charge in [0.1, 0.15) is 0 Å². The highest BCUT2D eigenvalue weighted by atomic mass is 19.4. The van der Waals surface area contributed by atoms with Crippen molar-refractivity contribution in [2.24, 2.45) is 5.92 Å². The number of hydrogen-bond donors (Lipinski definition) is 0. The van der Waals surface area contributed by atoms with Crippen LogP contribution in [0, 0.1) is 5.92 Å². The van der Waals surface area contributed by atoms with Crippen molar-refractivity contribution in [1.29, 1.82) is 0 Å². The van der Waals surface area contributed by atoms with E-state index in [4.69, 9.17) is 9.47 Å². The maximum absolute atomic E-state index is 12.4. The molecule has 0 aromatic rings. The number of methoxy groups -OCH3 is 1. The van der Waals surface area contributed by atoms with Gasteiger partial charge in [0.2, 0.25) is 0 Å². The Morgan fingerprint density at radius 3 is 1.83 bits per heavy atom. The van der Waals surface area contributed by atoms with Gasteiger partial charge in [-0.3, -0.25) is 9.59 Å². The largest absolute Gasteiger partial charge is 0.468 e. The zero-order valence-electron chi connectivity index (χ0n) is 10.2. The molecule has 0 saturated heterocycles. The molecule has 0 spiro atoms. The fraction of sp³-hybridized carbons (Fsp3) is 0.800. The molecule has 1 atom stereocenters. The molecule has 0 aliphatic rings. The molecule has 0 radical (unpaired) electrons. The van der Waals surface area contributed by atoms with E-state index in [2.05, 4.69) is 4.74 Å². The van der Waals surface area contributed by atoms with Gasteiger partial charge < -0.3 is 14.2 Å². The van der Waals surface area contributed by atoms with Gasteiger partial charge in [-0.1, -0.05) is 0 Å². The Morgan fingerprint density at radius 1 is 1.11 bits per heavy atom. The number of ketones is 1. The molecule has 0 heterocycles. The molecular formula is C10H15F3O5. The zero-order valence-corrected chi connectivity index (χ0v) is 10.2. The van der Waals surface area contributed by atoms with Gasteiger partial charge in [0, 0.05) is 13.2 Å². The molecule has 0 aromatic carbocycles. The Bertz CT molecular complexity index is 284. The van der Waals surface area contributed by atoms with Crippen LogP contribution in [0.5, 0.6) is 0 Å². The first-order chi connectivity index (χ1) is 8.29. The molecule has 8 heteroatoms. The minimum absolute atomic E-state index is 0.0106. The van der Waals surface area contributed by atoms with E-state index in [1.165, 1.54) is 13.8 Å². The van der Waals surface area contributed by atoms with Crippen LogP contribution >= 0.6 is 0 Å². The van der Waals surface area contributed by atoms with Crippen LogP contribution in [0.2, 0.25) is 0 Å². The monoisotopic (exact) mass is 272 g/mol. The van der Waals surface area contributed by atoms with Crippen molar-refractivity contribution >= 4 is 11.8 Å². The average molecular weight is 272 g/mol. The van der Waals surface area contributed by atoms with Crippen LogP contribution in [0.3, 0.4) is 0 Å². The second-order valence-electron chi connectivity index (χ2n) is 3.14. The maximum atomic E-state index is 12.4. The molecule has 0 N–H and O–H groups in total. The second-order valence-corrected chi connectivity index (χ2v) is 3.14. The third-order valence-electron chi connectivity index (χ3n) is 1.95. The normalized spacial score (nSPS) is 13.5. The summed E-state index contributed by atoms with van der Waals surface area (Å²) < 4.78 is 51.0. The summed E-state index contributed by atoms with van der Waals surface area (Å²) in [5.41, 5.74) is 0. The number of esters is 1. The summed E-state index contributed by atoms with van der Waals surface area (Å²) in [6, 6.07) is 0.